The first-order valence-electron chi connectivity index (χ1n) is 6.41. The van der Waals surface area contributed by atoms with Crippen molar-refractivity contribution in [3.8, 4) is 0 Å². The summed E-state index contributed by atoms with van der Waals surface area (Å²) >= 11 is 5.82. The molecule has 5 nitrogen and oxygen atoms in total. The van der Waals surface area contributed by atoms with Gasteiger partial charge in [0.05, 0.1) is 11.3 Å². The molecule has 0 atom stereocenters. The number of rotatable bonds is 2. The van der Waals surface area contributed by atoms with Gasteiger partial charge in [0, 0.05) is 29.3 Å². The fourth-order valence-corrected chi connectivity index (χ4v) is 2.29. The van der Waals surface area contributed by atoms with Crippen molar-refractivity contribution >= 4 is 34.2 Å². The predicted octanol–water partition coefficient (Wildman–Crippen LogP) is 3.18. The summed E-state index contributed by atoms with van der Waals surface area (Å²) in [5.74, 6) is -0.213. The molecule has 6 heteroatoms. The van der Waals surface area contributed by atoms with Gasteiger partial charge in [0.15, 0.2) is 5.65 Å². The van der Waals surface area contributed by atoms with Crippen LogP contribution in [0.3, 0.4) is 0 Å². The van der Waals surface area contributed by atoms with Gasteiger partial charge in [0.25, 0.3) is 5.91 Å². The second kappa shape index (κ2) is 5.18. The molecule has 0 saturated heterocycles. The summed E-state index contributed by atoms with van der Waals surface area (Å²) in [6.07, 6.45) is 1.55. The number of hydrogen-bond donors (Lipinski definition) is 1. The largest absolute Gasteiger partial charge is 0.322 e. The van der Waals surface area contributed by atoms with Crippen molar-refractivity contribution in [1.82, 2.24) is 14.8 Å². The van der Waals surface area contributed by atoms with E-state index in [0.717, 1.165) is 16.7 Å². The van der Waals surface area contributed by atoms with Crippen LogP contribution in [0.15, 0.2) is 36.5 Å². The molecule has 106 valence electrons. The van der Waals surface area contributed by atoms with Crippen LogP contribution >= 0.6 is 11.6 Å². The van der Waals surface area contributed by atoms with Crippen molar-refractivity contribution in [2.75, 3.05) is 5.32 Å². The number of halogens is 1. The SMILES string of the molecule is Cc1nn(C)c2ncc(C(=O)Nc3ccc(Cl)cc3)cc12. The Morgan fingerprint density at radius 2 is 2.00 bits per heavy atom. The highest BCUT2D eigenvalue weighted by Gasteiger charge is 2.11. The van der Waals surface area contributed by atoms with Crippen LogP contribution in [0, 0.1) is 6.92 Å². The maximum absolute atomic E-state index is 12.2. The van der Waals surface area contributed by atoms with Gasteiger partial charge in [-0.15, -0.1) is 0 Å². The van der Waals surface area contributed by atoms with Gasteiger partial charge in [0.1, 0.15) is 0 Å². The third kappa shape index (κ3) is 2.60. The van der Waals surface area contributed by atoms with Crippen molar-refractivity contribution in [2.45, 2.75) is 6.92 Å². The number of nitrogens with one attached hydrogen (secondary N) is 1. The first-order chi connectivity index (χ1) is 10.0. The zero-order chi connectivity index (χ0) is 15.0. The normalized spacial score (nSPS) is 10.8. The number of benzene rings is 1. The number of anilines is 1. The van der Waals surface area contributed by atoms with Crippen LogP contribution in [-0.4, -0.2) is 20.7 Å². The number of carbonyl (C=O) groups excluding carboxylic acids is 1. The topological polar surface area (TPSA) is 59.8 Å². The zero-order valence-corrected chi connectivity index (χ0v) is 12.3. The minimum absolute atomic E-state index is 0.213. The summed E-state index contributed by atoms with van der Waals surface area (Å²) < 4.78 is 1.70. The highest BCUT2D eigenvalue weighted by molar-refractivity contribution is 6.30. The van der Waals surface area contributed by atoms with Crippen molar-refractivity contribution in [3.05, 3.63) is 52.8 Å². The Kier molecular flexibility index (Phi) is 3.35. The van der Waals surface area contributed by atoms with E-state index in [9.17, 15) is 4.79 Å². The molecular weight excluding hydrogens is 288 g/mol. The number of aryl methyl sites for hydroxylation is 2. The average Bonchev–Trinajstić information content (AvgIpc) is 2.76. The Bertz CT molecular complexity index is 824. The van der Waals surface area contributed by atoms with Crippen LogP contribution < -0.4 is 5.32 Å². The van der Waals surface area contributed by atoms with E-state index in [1.165, 1.54) is 0 Å². The molecule has 0 aliphatic carbocycles. The van der Waals surface area contributed by atoms with Crippen LogP contribution in [0.2, 0.25) is 5.02 Å². The maximum Gasteiger partial charge on any atom is 0.257 e. The smallest absolute Gasteiger partial charge is 0.257 e. The second-order valence-electron chi connectivity index (χ2n) is 4.77. The van der Waals surface area contributed by atoms with Gasteiger partial charge in [-0.05, 0) is 37.3 Å². The van der Waals surface area contributed by atoms with E-state index in [-0.39, 0.29) is 5.91 Å². The van der Waals surface area contributed by atoms with Gasteiger partial charge in [-0.25, -0.2) is 4.98 Å². The maximum atomic E-state index is 12.2. The summed E-state index contributed by atoms with van der Waals surface area (Å²) in [5, 5.41) is 8.61. The van der Waals surface area contributed by atoms with Crippen LogP contribution in [0.5, 0.6) is 0 Å². The molecule has 0 spiro atoms. The first kappa shape index (κ1) is 13.6. The van der Waals surface area contributed by atoms with Crippen LogP contribution in [0.1, 0.15) is 16.1 Å². The number of hydrogen-bond acceptors (Lipinski definition) is 3. The van der Waals surface area contributed by atoms with E-state index in [1.807, 2.05) is 14.0 Å². The Hall–Kier alpha value is -2.40. The molecule has 0 bridgehead atoms. The number of nitrogens with zero attached hydrogens (tertiary/aromatic N) is 3. The molecule has 1 aromatic carbocycles. The minimum atomic E-state index is -0.213. The molecule has 3 rings (SSSR count). The molecule has 0 saturated carbocycles. The molecule has 0 aliphatic rings. The zero-order valence-electron chi connectivity index (χ0n) is 11.6. The third-order valence-electron chi connectivity index (χ3n) is 3.23. The highest BCUT2D eigenvalue weighted by atomic mass is 35.5. The molecule has 0 aliphatic heterocycles. The van der Waals surface area contributed by atoms with E-state index >= 15 is 0 Å². The lowest BCUT2D eigenvalue weighted by atomic mass is 10.2. The first-order valence-corrected chi connectivity index (χ1v) is 6.78. The Morgan fingerprint density at radius 3 is 2.71 bits per heavy atom. The van der Waals surface area contributed by atoms with E-state index in [2.05, 4.69) is 15.4 Å². The molecule has 3 aromatic rings. The van der Waals surface area contributed by atoms with E-state index in [4.69, 9.17) is 11.6 Å². The van der Waals surface area contributed by atoms with Gasteiger partial charge in [-0.1, -0.05) is 11.6 Å². The number of aromatic nitrogens is 3. The average molecular weight is 301 g/mol. The number of amides is 1. The number of fused-ring (bicyclic) bond motifs is 1. The van der Waals surface area contributed by atoms with Crippen molar-refractivity contribution in [2.24, 2.45) is 7.05 Å². The molecule has 0 unspecified atom stereocenters. The van der Waals surface area contributed by atoms with Gasteiger partial charge < -0.3 is 5.32 Å². The molecular formula is C15H13ClN4O. The lowest BCUT2D eigenvalue weighted by molar-refractivity contribution is 0.102. The van der Waals surface area contributed by atoms with Crippen LogP contribution in [0.25, 0.3) is 11.0 Å². The highest BCUT2D eigenvalue weighted by Crippen LogP contribution is 2.18. The lowest BCUT2D eigenvalue weighted by Gasteiger charge is -2.05. The molecule has 21 heavy (non-hydrogen) atoms. The van der Waals surface area contributed by atoms with Crippen molar-refractivity contribution in [1.29, 1.82) is 0 Å². The van der Waals surface area contributed by atoms with Crippen molar-refractivity contribution < 1.29 is 4.79 Å². The fourth-order valence-electron chi connectivity index (χ4n) is 2.17. The Labute approximate surface area is 126 Å². The van der Waals surface area contributed by atoms with Gasteiger partial charge in [0.2, 0.25) is 0 Å². The summed E-state index contributed by atoms with van der Waals surface area (Å²) in [4.78, 5) is 16.5. The van der Waals surface area contributed by atoms with Crippen LogP contribution in [-0.2, 0) is 7.05 Å². The predicted molar refractivity (Wildman–Crippen MR) is 82.7 cm³/mol. The summed E-state index contributed by atoms with van der Waals surface area (Å²) in [5.41, 5.74) is 2.79. The van der Waals surface area contributed by atoms with E-state index in [1.54, 1.807) is 41.2 Å². The standard InChI is InChI=1S/C15H13ClN4O/c1-9-13-7-10(8-17-14(13)20(2)19-9)15(21)18-12-5-3-11(16)4-6-12/h3-8H,1-2H3,(H,18,21). The van der Waals surface area contributed by atoms with Gasteiger partial charge >= 0.3 is 0 Å². The monoisotopic (exact) mass is 300 g/mol. The number of pyridine rings is 1. The number of carbonyl (C=O) groups is 1. The summed E-state index contributed by atoms with van der Waals surface area (Å²) in [6.45, 7) is 1.89. The minimum Gasteiger partial charge on any atom is -0.322 e. The molecule has 2 heterocycles. The van der Waals surface area contributed by atoms with Crippen LogP contribution in [0.4, 0.5) is 5.69 Å². The quantitative estimate of drug-likeness (QED) is 0.790. The summed E-state index contributed by atoms with van der Waals surface area (Å²) in [7, 11) is 1.83. The molecule has 2 aromatic heterocycles. The molecule has 1 N–H and O–H groups in total. The molecule has 1 amide bonds. The fraction of sp³-hybridized carbons (Fsp3) is 0.133. The Balaban J connectivity index is 1.91. The second-order valence-corrected chi connectivity index (χ2v) is 5.20. The van der Waals surface area contributed by atoms with E-state index < -0.39 is 0 Å². The lowest BCUT2D eigenvalue weighted by Crippen LogP contribution is -2.12. The van der Waals surface area contributed by atoms with Gasteiger partial charge in [-0.3, -0.25) is 9.48 Å². The summed E-state index contributed by atoms with van der Waals surface area (Å²) in [6, 6.07) is 8.76. The van der Waals surface area contributed by atoms with Gasteiger partial charge in [-0.2, -0.15) is 5.10 Å². The molecule has 0 radical (unpaired) electrons. The Morgan fingerprint density at radius 1 is 1.29 bits per heavy atom. The van der Waals surface area contributed by atoms with Crippen molar-refractivity contribution in [3.63, 3.8) is 0 Å². The third-order valence-corrected chi connectivity index (χ3v) is 3.48. The molecule has 0 fully saturated rings. The van der Waals surface area contributed by atoms with E-state index in [0.29, 0.717) is 16.3 Å².